The first-order valence-corrected chi connectivity index (χ1v) is 11.8. The molecular weight excluding hydrogens is 410 g/mol. The molecule has 1 unspecified atom stereocenters. The predicted molar refractivity (Wildman–Crippen MR) is 129 cm³/mol. The van der Waals surface area contributed by atoms with Gasteiger partial charge in [-0.3, -0.25) is 4.90 Å². The van der Waals surface area contributed by atoms with Crippen molar-refractivity contribution in [1.82, 2.24) is 9.91 Å². The van der Waals surface area contributed by atoms with E-state index in [1.807, 2.05) is 12.1 Å². The van der Waals surface area contributed by atoms with Gasteiger partial charge in [-0.25, -0.2) is 5.01 Å². The fourth-order valence-electron chi connectivity index (χ4n) is 5.51. The minimum Gasteiger partial charge on any atom is -0.496 e. The Kier molecular flexibility index (Phi) is 5.07. The summed E-state index contributed by atoms with van der Waals surface area (Å²) in [6, 6.07) is 27.6. The van der Waals surface area contributed by atoms with Crippen LogP contribution in [0.25, 0.3) is 0 Å². The highest BCUT2D eigenvalue weighted by Crippen LogP contribution is 2.50. The molecule has 3 aromatic rings. The Bertz CT molecular complexity index is 1170. The van der Waals surface area contributed by atoms with Crippen molar-refractivity contribution in [1.29, 1.82) is 0 Å². The Morgan fingerprint density at radius 3 is 2.48 bits per heavy atom. The van der Waals surface area contributed by atoms with Crippen molar-refractivity contribution in [3.05, 3.63) is 95.6 Å². The maximum absolute atomic E-state index is 6.77. The largest absolute Gasteiger partial charge is 0.496 e. The molecule has 0 amide bonds. The predicted octanol–water partition coefficient (Wildman–Crippen LogP) is 5.23. The van der Waals surface area contributed by atoms with E-state index in [4.69, 9.17) is 14.6 Å². The van der Waals surface area contributed by atoms with E-state index in [-0.39, 0.29) is 6.04 Å². The lowest BCUT2D eigenvalue weighted by molar-refractivity contribution is -0.150. The number of hydrogen-bond donors (Lipinski definition) is 0. The molecule has 1 atom stereocenters. The third-order valence-corrected chi connectivity index (χ3v) is 7.21. The van der Waals surface area contributed by atoms with Crippen LogP contribution < -0.4 is 9.47 Å². The van der Waals surface area contributed by atoms with Crippen LogP contribution in [0.3, 0.4) is 0 Å². The first kappa shape index (κ1) is 20.3. The lowest BCUT2D eigenvalue weighted by Gasteiger charge is -2.51. The SMILES string of the molecule is COc1ccccc1C1=NN2C(C1)c1ccccc1OC21CCN(Cc2ccccc2)CC1. The molecule has 1 fully saturated rings. The third kappa shape index (κ3) is 3.57. The molecule has 3 aliphatic rings. The number of fused-ring (bicyclic) bond motifs is 4. The van der Waals surface area contributed by atoms with Gasteiger partial charge < -0.3 is 9.47 Å². The van der Waals surface area contributed by atoms with Gasteiger partial charge in [0, 0.05) is 50.0 Å². The molecule has 5 heteroatoms. The first-order chi connectivity index (χ1) is 16.3. The van der Waals surface area contributed by atoms with E-state index in [0.29, 0.717) is 0 Å². The maximum Gasteiger partial charge on any atom is 0.200 e. The Morgan fingerprint density at radius 1 is 0.939 bits per heavy atom. The zero-order chi connectivity index (χ0) is 22.3. The van der Waals surface area contributed by atoms with Gasteiger partial charge in [-0.1, -0.05) is 60.7 Å². The molecule has 3 aliphatic heterocycles. The standard InChI is InChI=1S/C28H29N3O2/c1-32-26-13-7-5-11-22(26)24-19-25-23-12-6-8-14-27(23)33-28(31(25)29-24)15-17-30(18-16-28)20-21-9-3-2-4-10-21/h2-14,25H,15-20H2,1H3. The molecule has 6 rings (SSSR count). The third-order valence-electron chi connectivity index (χ3n) is 7.21. The lowest BCUT2D eigenvalue weighted by Crippen LogP contribution is -2.59. The topological polar surface area (TPSA) is 37.3 Å². The van der Waals surface area contributed by atoms with Gasteiger partial charge in [0.2, 0.25) is 5.72 Å². The van der Waals surface area contributed by atoms with Gasteiger partial charge in [0.1, 0.15) is 11.5 Å². The Labute approximate surface area is 195 Å². The number of piperidine rings is 1. The van der Waals surface area contributed by atoms with Crippen molar-refractivity contribution in [3.63, 3.8) is 0 Å². The Morgan fingerprint density at radius 2 is 1.67 bits per heavy atom. The molecule has 3 aromatic carbocycles. The number of hydrogen-bond acceptors (Lipinski definition) is 5. The molecule has 0 aliphatic carbocycles. The van der Waals surface area contributed by atoms with Gasteiger partial charge in [0.05, 0.1) is 18.9 Å². The number of rotatable bonds is 4. The van der Waals surface area contributed by atoms with Gasteiger partial charge in [-0.2, -0.15) is 5.10 Å². The number of para-hydroxylation sites is 2. The van der Waals surface area contributed by atoms with Crippen molar-refractivity contribution in [2.24, 2.45) is 5.10 Å². The minimum absolute atomic E-state index is 0.190. The summed E-state index contributed by atoms with van der Waals surface area (Å²) >= 11 is 0. The van der Waals surface area contributed by atoms with E-state index in [1.54, 1.807) is 7.11 Å². The summed E-state index contributed by atoms with van der Waals surface area (Å²) < 4.78 is 12.4. The highest BCUT2D eigenvalue weighted by atomic mass is 16.5. The zero-order valence-corrected chi connectivity index (χ0v) is 19.0. The summed E-state index contributed by atoms with van der Waals surface area (Å²) in [4.78, 5) is 2.53. The van der Waals surface area contributed by atoms with Crippen LogP contribution in [0.15, 0.2) is 84.0 Å². The average Bonchev–Trinajstić information content (AvgIpc) is 3.33. The van der Waals surface area contributed by atoms with Crippen LogP contribution in [0.4, 0.5) is 0 Å². The van der Waals surface area contributed by atoms with Crippen molar-refractivity contribution in [3.8, 4) is 11.5 Å². The zero-order valence-electron chi connectivity index (χ0n) is 19.0. The average molecular weight is 440 g/mol. The molecule has 1 spiro atoms. The molecule has 0 saturated carbocycles. The van der Waals surface area contributed by atoms with Crippen molar-refractivity contribution >= 4 is 5.71 Å². The summed E-state index contributed by atoms with van der Waals surface area (Å²) in [5.74, 6) is 1.88. The number of methoxy groups -OCH3 is 1. The summed E-state index contributed by atoms with van der Waals surface area (Å²) in [7, 11) is 1.73. The van der Waals surface area contributed by atoms with Gasteiger partial charge in [-0.15, -0.1) is 0 Å². The summed E-state index contributed by atoms with van der Waals surface area (Å²) in [5, 5.41) is 7.47. The summed E-state index contributed by atoms with van der Waals surface area (Å²) in [6.07, 6.45) is 2.71. The van der Waals surface area contributed by atoms with E-state index in [1.165, 1.54) is 11.1 Å². The van der Waals surface area contributed by atoms with Crippen LogP contribution >= 0.6 is 0 Å². The van der Waals surface area contributed by atoms with E-state index in [0.717, 1.165) is 61.7 Å². The molecule has 1 saturated heterocycles. The van der Waals surface area contributed by atoms with Crippen LogP contribution in [0.2, 0.25) is 0 Å². The van der Waals surface area contributed by atoms with Crippen LogP contribution in [-0.2, 0) is 6.54 Å². The van der Waals surface area contributed by atoms with E-state index in [2.05, 4.69) is 76.6 Å². The number of ether oxygens (including phenoxy) is 2. The van der Waals surface area contributed by atoms with E-state index >= 15 is 0 Å². The summed E-state index contributed by atoms with van der Waals surface area (Å²) in [6.45, 7) is 2.95. The fourth-order valence-corrected chi connectivity index (χ4v) is 5.51. The number of likely N-dealkylation sites (tertiary alicyclic amines) is 1. The monoisotopic (exact) mass is 439 g/mol. The number of hydrazone groups is 1. The molecule has 0 N–H and O–H groups in total. The smallest absolute Gasteiger partial charge is 0.200 e. The Hall–Kier alpha value is -3.31. The molecule has 33 heavy (non-hydrogen) atoms. The molecule has 0 aromatic heterocycles. The molecule has 0 radical (unpaired) electrons. The van der Waals surface area contributed by atoms with Crippen molar-refractivity contribution in [2.75, 3.05) is 20.2 Å². The maximum atomic E-state index is 6.77. The van der Waals surface area contributed by atoms with Gasteiger partial charge in [0.25, 0.3) is 0 Å². The van der Waals surface area contributed by atoms with Crippen LogP contribution in [0.1, 0.15) is 42.0 Å². The molecule has 3 heterocycles. The first-order valence-electron chi connectivity index (χ1n) is 11.8. The molecule has 5 nitrogen and oxygen atoms in total. The second-order valence-corrected chi connectivity index (χ2v) is 9.16. The normalized spacial score (nSPS) is 21.2. The number of nitrogens with zero attached hydrogens (tertiary/aromatic N) is 3. The van der Waals surface area contributed by atoms with Gasteiger partial charge in [0.15, 0.2) is 0 Å². The van der Waals surface area contributed by atoms with Crippen LogP contribution in [0, 0.1) is 0 Å². The molecule has 168 valence electrons. The number of benzene rings is 3. The second-order valence-electron chi connectivity index (χ2n) is 9.16. The van der Waals surface area contributed by atoms with Crippen molar-refractivity contribution < 1.29 is 9.47 Å². The highest BCUT2D eigenvalue weighted by Gasteiger charge is 2.51. The van der Waals surface area contributed by atoms with E-state index < -0.39 is 5.72 Å². The molecular formula is C28H29N3O2. The highest BCUT2D eigenvalue weighted by molar-refractivity contribution is 6.04. The molecule has 0 bridgehead atoms. The Balaban J connectivity index is 1.31. The second kappa shape index (κ2) is 8.23. The van der Waals surface area contributed by atoms with Crippen molar-refractivity contribution in [2.45, 2.75) is 37.6 Å². The van der Waals surface area contributed by atoms with Gasteiger partial charge >= 0.3 is 0 Å². The fraction of sp³-hybridized carbons (Fsp3) is 0.321. The quantitative estimate of drug-likeness (QED) is 0.558. The minimum atomic E-state index is -0.407. The van der Waals surface area contributed by atoms with Gasteiger partial charge in [-0.05, 0) is 23.8 Å². The van der Waals surface area contributed by atoms with E-state index in [9.17, 15) is 0 Å². The summed E-state index contributed by atoms with van der Waals surface area (Å²) in [5.41, 5.74) is 4.32. The lowest BCUT2D eigenvalue weighted by atomic mass is 9.90. The van der Waals surface area contributed by atoms with Crippen LogP contribution in [-0.4, -0.2) is 41.5 Å². The van der Waals surface area contributed by atoms with Crippen LogP contribution in [0.5, 0.6) is 11.5 Å².